The maximum atomic E-state index is 11.7. The van der Waals surface area contributed by atoms with Crippen molar-refractivity contribution in [3.63, 3.8) is 0 Å². The fourth-order valence-corrected chi connectivity index (χ4v) is 2.68. The molecule has 0 bridgehead atoms. The van der Waals surface area contributed by atoms with Crippen molar-refractivity contribution in [2.24, 2.45) is 5.73 Å². The first-order valence-electron chi connectivity index (χ1n) is 6.74. The van der Waals surface area contributed by atoms with Crippen LogP contribution in [0.25, 0.3) is 0 Å². The molecule has 1 unspecified atom stereocenters. The molecule has 0 fully saturated rings. The Hall–Kier alpha value is -1.31. The molecule has 1 aromatic rings. The summed E-state index contributed by atoms with van der Waals surface area (Å²) in [7, 11) is 1.60. The summed E-state index contributed by atoms with van der Waals surface area (Å²) in [4.78, 5) is 11.7. The van der Waals surface area contributed by atoms with Crippen LogP contribution in [0.3, 0.4) is 0 Å². The number of hydrogen-bond donors (Lipinski definition) is 2. The summed E-state index contributed by atoms with van der Waals surface area (Å²) in [6.45, 7) is 2.21. The zero-order chi connectivity index (χ0) is 15.2. The highest BCUT2D eigenvalue weighted by atomic mass is 79.9. The molecule has 6 nitrogen and oxygen atoms in total. The van der Waals surface area contributed by atoms with E-state index in [2.05, 4.69) is 21.2 Å². The Kier molecular flexibility index (Phi) is 5.84. The molecule has 0 spiro atoms. The van der Waals surface area contributed by atoms with Gasteiger partial charge in [-0.3, -0.25) is 10.1 Å². The molecule has 3 N–H and O–H groups in total. The molecular formula is C14H19BrN2O4. The van der Waals surface area contributed by atoms with Crippen LogP contribution in [0.2, 0.25) is 0 Å². The van der Waals surface area contributed by atoms with Crippen LogP contribution in [0.1, 0.15) is 18.0 Å². The largest absolute Gasteiger partial charge is 0.490 e. The predicted molar refractivity (Wildman–Crippen MR) is 81.6 cm³/mol. The zero-order valence-electron chi connectivity index (χ0n) is 11.9. The van der Waals surface area contributed by atoms with Crippen LogP contribution >= 0.6 is 15.9 Å². The van der Waals surface area contributed by atoms with Gasteiger partial charge in [0.05, 0.1) is 24.3 Å². The first kappa shape index (κ1) is 16.1. The molecule has 0 saturated carbocycles. The summed E-state index contributed by atoms with van der Waals surface area (Å²) in [5, 5.41) is 3.07. The van der Waals surface area contributed by atoms with Crippen LogP contribution in [0.15, 0.2) is 16.6 Å². The Morgan fingerprint density at radius 3 is 2.95 bits per heavy atom. The van der Waals surface area contributed by atoms with Crippen molar-refractivity contribution in [1.82, 2.24) is 5.32 Å². The number of carbonyl (C=O) groups is 1. The van der Waals surface area contributed by atoms with Crippen molar-refractivity contribution >= 4 is 21.8 Å². The molecule has 7 heteroatoms. The molecule has 1 amide bonds. The maximum absolute atomic E-state index is 11.7. The predicted octanol–water partition coefficient (Wildman–Crippen LogP) is 1.37. The summed E-state index contributed by atoms with van der Waals surface area (Å²) in [5.41, 5.74) is 6.21. The number of primary amides is 1. The monoisotopic (exact) mass is 358 g/mol. The SMILES string of the molecule is COCCNC(C(N)=O)c1cc(Br)c2c(c1)OCCCO2. The van der Waals surface area contributed by atoms with E-state index in [-0.39, 0.29) is 0 Å². The zero-order valence-corrected chi connectivity index (χ0v) is 13.4. The lowest BCUT2D eigenvalue weighted by atomic mass is 10.1. The van der Waals surface area contributed by atoms with E-state index in [1.54, 1.807) is 13.2 Å². The van der Waals surface area contributed by atoms with E-state index in [9.17, 15) is 4.79 Å². The average Bonchev–Trinajstić information content (AvgIpc) is 2.68. The number of nitrogens with two attached hydrogens (primary N) is 1. The van der Waals surface area contributed by atoms with Crippen LogP contribution in [-0.2, 0) is 9.53 Å². The van der Waals surface area contributed by atoms with Crippen LogP contribution in [0, 0.1) is 0 Å². The Bertz CT molecular complexity index is 510. The first-order chi connectivity index (χ1) is 10.1. The summed E-state index contributed by atoms with van der Waals surface area (Å²) >= 11 is 3.46. The third-order valence-electron chi connectivity index (χ3n) is 3.10. The van der Waals surface area contributed by atoms with Gasteiger partial charge in [-0.15, -0.1) is 0 Å². The van der Waals surface area contributed by atoms with E-state index in [4.69, 9.17) is 19.9 Å². The molecule has 1 atom stereocenters. The van der Waals surface area contributed by atoms with E-state index in [1.807, 2.05) is 6.07 Å². The van der Waals surface area contributed by atoms with E-state index >= 15 is 0 Å². The molecule has 0 radical (unpaired) electrons. The fourth-order valence-electron chi connectivity index (χ4n) is 2.11. The summed E-state index contributed by atoms with van der Waals surface area (Å²) in [5.74, 6) is 0.834. The summed E-state index contributed by atoms with van der Waals surface area (Å²) < 4.78 is 17.0. The number of carbonyl (C=O) groups excluding carboxylic acids is 1. The minimum Gasteiger partial charge on any atom is -0.490 e. The van der Waals surface area contributed by atoms with E-state index < -0.39 is 11.9 Å². The highest BCUT2D eigenvalue weighted by Crippen LogP contribution is 2.39. The van der Waals surface area contributed by atoms with Crippen LogP contribution in [0.5, 0.6) is 11.5 Å². The Balaban J connectivity index is 2.26. The molecule has 0 aromatic heterocycles. The minimum atomic E-state index is -0.603. The van der Waals surface area contributed by atoms with E-state index in [1.165, 1.54) is 0 Å². The highest BCUT2D eigenvalue weighted by molar-refractivity contribution is 9.10. The number of amides is 1. The number of rotatable bonds is 6. The second-order valence-corrected chi connectivity index (χ2v) is 5.52. The average molecular weight is 359 g/mol. The molecule has 1 heterocycles. The molecule has 1 aliphatic rings. The molecule has 1 aliphatic heterocycles. The molecular weight excluding hydrogens is 340 g/mol. The summed E-state index contributed by atoms with van der Waals surface area (Å²) in [6, 6.07) is 3.01. The lowest BCUT2D eigenvalue weighted by Gasteiger charge is -2.18. The van der Waals surface area contributed by atoms with Gasteiger partial charge in [0.25, 0.3) is 0 Å². The fraction of sp³-hybridized carbons (Fsp3) is 0.500. The van der Waals surface area contributed by atoms with Gasteiger partial charge in [-0.2, -0.15) is 0 Å². The van der Waals surface area contributed by atoms with Crippen LogP contribution < -0.4 is 20.5 Å². The van der Waals surface area contributed by atoms with Gasteiger partial charge < -0.3 is 19.9 Å². The van der Waals surface area contributed by atoms with Crippen molar-refractivity contribution < 1.29 is 19.0 Å². The van der Waals surface area contributed by atoms with Gasteiger partial charge >= 0.3 is 0 Å². The Morgan fingerprint density at radius 2 is 2.24 bits per heavy atom. The molecule has 0 saturated heterocycles. The van der Waals surface area contributed by atoms with Gasteiger partial charge in [0.2, 0.25) is 5.91 Å². The molecule has 21 heavy (non-hydrogen) atoms. The molecule has 0 aliphatic carbocycles. The number of ether oxygens (including phenoxy) is 3. The van der Waals surface area contributed by atoms with Crippen molar-refractivity contribution in [2.75, 3.05) is 33.5 Å². The number of halogens is 1. The number of nitrogens with one attached hydrogen (secondary N) is 1. The standard InChI is InChI=1S/C14H19BrN2O4/c1-19-6-3-17-12(14(16)18)9-7-10(15)13-11(8-9)20-4-2-5-21-13/h7-8,12,17H,2-6H2,1H3,(H2,16,18). The maximum Gasteiger partial charge on any atom is 0.239 e. The minimum absolute atomic E-state index is 0.451. The van der Waals surface area contributed by atoms with Gasteiger partial charge in [0, 0.05) is 20.1 Å². The van der Waals surface area contributed by atoms with Crippen molar-refractivity contribution in [2.45, 2.75) is 12.5 Å². The Morgan fingerprint density at radius 1 is 1.48 bits per heavy atom. The Labute approximate surface area is 132 Å². The van der Waals surface area contributed by atoms with Gasteiger partial charge in [0.15, 0.2) is 11.5 Å². The molecule has 116 valence electrons. The normalized spacial score (nSPS) is 15.3. The van der Waals surface area contributed by atoms with E-state index in [0.717, 1.165) is 16.5 Å². The molecule has 1 aromatic carbocycles. The molecule has 2 rings (SSSR count). The highest BCUT2D eigenvalue weighted by Gasteiger charge is 2.22. The second-order valence-electron chi connectivity index (χ2n) is 4.66. The third-order valence-corrected chi connectivity index (χ3v) is 3.69. The topological polar surface area (TPSA) is 82.8 Å². The van der Waals surface area contributed by atoms with E-state index in [0.29, 0.717) is 37.9 Å². The first-order valence-corrected chi connectivity index (χ1v) is 7.53. The van der Waals surface area contributed by atoms with Crippen molar-refractivity contribution in [3.8, 4) is 11.5 Å². The van der Waals surface area contributed by atoms with Gasteiger partial charge in [-0.1, -0.05) is 0 Å². The number of methoxy groups -OCH3 is 1. The lowest BCUT2D eigenvalue weighted by molar-refractivity contribution is -0.120. The van der Waals surface area contributed by atoms with Gasteiger partial charge in [-0.05, 0) is 33.6 Å². The third kappa shape index (κ3) is 4.09. The smallest absolute Gasteiger partial charge is 0.239 e. The van der Waals surface area contributed by atoms with Gasteiger partial charge in [-0.25, -0.2) is 0 Å². The van der Waals surface area contributed by atoms with Crippen LogP contribution in [0.4, 0.5) is 0 Å². The van der Waals surface area contributed by atoms with Crippen molar-refractivity contribution in [1.29, 1.82) is 0 Å². The van der Waals surface area contributed by atoms with Crippen molar-refractivity contribution in [3.05, 3.63) is 22.2 Å². The number of fused-ring (bicyclic) bond motifs is 1. The number of hydrogen-bond acceptors (Lipinski definition) is 5. The lowest BCUT2D eigenvalue weighted by Crippen LogP contribution is -2.35. The van der Waals surface area contributed by atoms with Gasteiger partial charge in [0.1, 0.15) is 6.04 Å². The number of benzene rings is 1. The quantitative estimate of drug-likeness (QED) is 0.750. The van der Waals surface area contributed by atoms with Crippen LogP contribution in [-0.4, -0.2) is 39.4 Å². The summed E-state index contributed by atoms with van der Waals surface area (Å²) in [6.07, 6.45) is 0.821. The second kappa shape index (κ2) is 7.63.